The average molecular weight is 378 g/mol. The summed E-state index contributed by atoms with van der Waals surface area (Å²) in [5.74, 6) is 1.05. The molecule has 0 radical (unpaired) electrons. The van der Waals surface area contributed by atoms with Crippen LogP contribution in [-0.4, -0.2) is 17.5 Å². The molecule has 5 nitrogen and oxygen atoms in total. The van der Waals surface area contributed by atoms with Crippen LogP contribution in [0.1, 0.15) is 18.2 Å². The van der Waals surface area contributed by atoms with Crippen LogP contribution in [0.2, 0.25) is 0 Å². The fourth-order valence-corrected chi connectivity index (χ4v) is 2.56. The zero-order chi connectivity index (χ0) is 19.6. The number of aliphatic imine (C=N–C) groups is 1. The number of rotatable bonds is 7. The number of nitrogens with one attached hydrogen (secondary N) is 2. The molecule has 6 heteroatoms. The molecule has 3 rings (SSSR count). The number of aromatic nitrogens is 1. The SMILES string of the molecule is CCNC(=NCc1ccccc1Oc1ccccc1F)NCc1ccccn1. The Morgan fingerprint density at radius 2 is 1.71 bits per heavy atom. The van der Waals surface area contributed by atoms with Crippen molar-refractivity contribution in [1.29, 1.82) is 0 Å². The quantitative estimate of drug-likeness (QED) is 0.476. The number of guanidine groups is 1. The van der Waals surface area contributed by atoms with E-state index in [0.29, 0.717) is 24.8 Å². The van der Waals surface area contributed by atoms with Gasteiger partial charge in [0.15, 0.2) is 17.5 Å². The van der Waals surface area contributed by atoms with Crippen molar-refractivity contribution >= 4 is 5.96 Å². The van der Waals surface area contributed by atoms with E-state index in [1.807, 2.05) is 49.4 Å². The van der Waals surface area contributed by atoms with Gasteiger partial charge in [0.2, 0.25) is 0 Å². The summed E-state index contributed by atoms with van der Waals surface area (Å²) in [6.45, 7) is 3.71. The lowest BCUT2D eigenvalue weighted by molar-refractivity contribution is 0.438. The van der Waals surface area contributed by atoms with Crippen LogP contribution in [0.15, 0.2) is 77.9 Å². The number of para-hydroxylation sites is 2. The second-order valence-electron chi connectivity index (χ2n) is 6.01. The van der Waals surface area contributed by atoms with Crippen molar-refractivity contribution in [3.8, 4) is 11.5 Å². The Morgan fingerprint density at radius 3 is 2.46 bits per heavy atom. The molecule has 2 aromatic carbocycles. The molecule has 1 heterocycles. The Morgan fingerprint density at radius 1 is 0.964 bits per heavy atom. The summed E-state index contributed by atoms with van der Waals surface area (Å²) in [6.07, 6.45) is 1.76. The minimum atomic E-state index is -0.397. The van der Waals surface area contributed by atoms with Gasteiger partial charge in [0.1, 0.15) is 5.75 Å². The van der Waals surface area contributed by atoms with Crippen LogP contribution in [0, 0.1) is 5.82 Å². The van der Waals surface area contributed by atoms with Crippen LogP contribution in [-0.2, 0) is 13.1 Å². The minimum absolute atomic E-state index is 0.194. The Kier molecular flexibility index (Phi) is 6.95. The van der Waals surface area contributed by atoms with E-state index >= 15 is 0 Å². The van der Waals surface area contributed by atoms with E-state index in [4.69, 9.17) is 4.74 Å². The molecular formula is C22H23FN4O. The largest absolute Gasteiger partial charge is 0.454 e. The predicted octanol–water partition coefficient (Wildman–Crippen LogP) is 4.27. The van der Waals surface area contributed by atoms with Gasteiger partial charge in [-0.15, -0.1) is 0 Å². The first-order chi connectivity index (χ1) is 13.8. The molecule has 0 amide bonds. The third kappa shape index (κ3) is 5.54. The van der Waals surface area contributed by atoms with E-state index in [2.05, 4.69) is 20.6 Å². The first-order valence-corrected chi connectivity index (χ1v) is 9.18. The summed E-state index contributed by atoms with van der Waals surface area (Å²) < 4.78 is 19.7. The fraction of sp³-hybridized carbons (Fsp3) is 0.182. The standard InChI is InChI=1S/C22H23FN4O/c1-2-24-22(27-16-18-10-7-8-14-25-18)26-15-17-9-3-5-12-20(17)28-21-13-6-4-11-19(21)23/h3-14H,2,15-16H2,1H3,(H2,24,26,27). The molecule has 0 atom stereocenters. The van der Waals surface area contributed by atoms with Crippen molar-refractivity contribution in [3.05, 3.63) is 90.0 Å². The summed E-state index contributed by atoms with van der Waals surface area (Å²) in [6, 6.07) is 19.6. The van der Waals surface area contributed by atoms with Gasteiger partial charge in [-0.3, -0.25) is 4.98 Å². The third-order valence-corrected chi connectivity index (χ3v) is 3.94. The maximum absolute atomic E-state index is 13.9. The van der Waals surface area contributed by atoms with E-state index in [1.165, 1.54) is 6.07 Å². The van der Waals surface area contributed by atoms with Crippen molar-refractivity contribution in [2.24, 2.45) is 4.99 Å². The van der Waals surface area contributed by atoms with E-state index < -0.39 is 5.82 Å². The molecule has 0 saturated carbocycles. The van der Waals surface area contributed by atoms with Crippen LogP contribution in [0.3, 0.4) is 0 Å². The number of benzene rings is 2. The molecular weight excluding hydrogens is 355 g/mol. The molecule has 2 N–H and O–H groups in total. The molecule has 3 aromatic rings. The highest BCUT2D eigenvalue weighted by atomic mass is 19.1. The first-order valence-electron chi connectivity index (χ1n) is 9.18. The molecule has 0 spiro atoms. The highest BCUT2D eigenvalue weighted by Crippen LogP contribution is 2.27. The lowest BCUT2D eigenvalue weighted by atomic mass is 10.2. The van der Waals surface area contributed by atoms with Gasteiger partial charge in [0.25, 0.3) is 0 Å². The zero-order valence-corrected chi connectivity index (χ0v) is 15.7. The number of hydrogen-bond donors (Lipinski definition) is 2. The maximum atomic E-state index is 13.9. The number of nitrogens with zero attached hydrogens (tertiary/aromatic N) is 2. The van der Waals surface area contributed by atoms with Crippen LogP contribution in [0.25, 0.3) is 0 Å². The molecule has 0 saturated heterocycles. The molecule has 28 heavy (non-hydrogen) atoms. The average Bonchev–Trinajstić information content (AvgIpc) is 2.73. The molecule has 0 aliphatic carbocycles. The second kappa shape index (κ2) is 10.1. The second-order valence-corrected chi connectivity index (χ2v) is 6.01. The molecule has 0 unspecified atom stereocenters. The molecule has 144 valence electrons. The van der Waals surface area contributed by atoms with Crippen molar-refractivity contribution < 1.29 is 9.13 Å². The van der Waals surface area contributed by atoms with Crippen LogP contribution in [0.5, 0.6) is 11.5 Å². The summed E-state index contributed by atoms with van der Waals surface area (Å²) in [5, 5.41) is 6.47. The Balaban J connectivity index is 1.71. The van der Waals surface area contributed by atoms with Gasteiger partial charge in [0, 0.05) is 18.3 Å². The predicted molar refractivity (Wildman–Crippen MR) is 109 cm³/mol. The van der Waals surface area contributed by atoms with E-state index in [-0.39, 0.29) is 5.75 Å². The topological polar surface area (TPSA) is 58.5 Å². The number of ether oxygens (including phenoxy) is 1. The first kappa shape index (κ1) is 19.4. The molecule has 0 aliphatic rings. The van der Waals surface area contributed by atoms with Crippen molar-refractivity contribution in [2.45, 2.75) is 20.0 Å². The fourth-order valence-electron chi connectivity index (χ4n) is 2.56. The lowest BCUT2D eigenvalue weighted by Gasteiger charge is -2.13. The van der Waals surface area contributed by atoms with Crippen molar-refractivity contribution in [1.82, 2.24) is 15.6 Å². The summed E-state index contributed by atoms with van der Waals surface area (Å²) >= 11 is 0. The summed E-state index contributed by atoms with van der Waals surface area (Å²) in [5.41, 5.74) is 1.79. The van der Waals surface area contributed by atoms with Gasteiger partial charge < -0.3 is 15.4 Å². The summed E-state index contributed by atoms with van der Waals surface area (Å²) in [7, 11) is 0. The van der Waals surface area contributed by atoms with Gasteiger partial charge in [-0.2, -0.15) is 0 Å². The van der Waals surface area contributed by atoms with E-state index in [9.17, 15) is 4.39 Å². The molecule has 0 aliphatic heterocycles. The normalized spacial score (nSPS) is 11.1. The number of pyridine rings is 1. The van der Waals surface area contributed by atoms with Crippen molar-refractivity contribution in [3.63, 3.8) is 0 Å². The maximum Gasteiger partial charge on any atom is 0.191 e. The Labute approximate surface area is 164 Å². The van der Waals surface area contributed by atoms with E-state index in [1.54, 1.807) is 24.4 Å². The number of halogens is 1. The number of hydrogen-bond acceptors (Lipinski definition) is 3. The third-order valence-electron chi connectivity index (χ3n) is 3.94. The molecule has 0 fully saturated rings. The van der Waals surface area contributed by atoms with Crippen LogP contribution < -0.4 is 15.4 Å². The summed E-state index contributed by atoms with van der Waals surface area (Å²) in [4.78, 5) is 8.91. The van der Waals surface area contributed by atoms with Gasteiger partial charge in [-0.1, -0.05) is 36.4 Å². The van der Waals surface area contributed by atoms with Gasteiger partial charge in [-0.05, 0) is 37.3 Å². The zero-order valence-electron chi connectivity index (χ0n) is 15.7. The lowest BCUT2D eigenvalue weighted by Crippen LogP contribution is -2.37. The minimum Gasteiger partial charge on any atom is -0.454 e. The monoisotopic (exact) mass is 378 g/mol. The highest BCUT2D eigenvalue weighted by molar-refractivity contribution is 5.79. The highest BCUT2D eigenvalue weighted by Gasteiger charge is 2.08. The smallest absolute Gasteiger partial charge is 0.191 e. The van der Waals surface area contributed by atoms with Crippen LogP contribution >= 0.6 is 0 Å². The molecule has 1 aromatic heterocycles. The van der Waals surface area contributed by atoms with Gasteiger partial charge >= 0.3 is 0 Å². The van der Waals surface area contributed by atoms with Gasteiger partial charge in [-0.25, -0.2) is 9.38 Å². The van der Waals surface area contributed by atoms with E-state index in [0.717, 1.165) is 17.8 Å². The molecule has 0 bridgehead atoms. The Hall–Kier alpha value is -3.41. The Bertz CT molecular complexity index is 915. The van der Waals surface area contributed by atoms with Gasteiger partial charge in [0.05, 0.1) is 18.8 Å². The van der Waals surface area contributed by atoms with Crippen molar-refractivity contribution in [2.75, 3.05) is 6.54 Å². The van der Waals surface area contributed by atoms with Crippen LogP contribution in [0.4, 0.5) is 4.39 Å².